The third kappa shape index (κ3) is 9.74. The molecule has 7 heteroatoms. The van der Waals surface area contributed by atoms with Crippen LogP contribution in [-0.2, 0) is 13.8 Å². The number of amides is 1. The standard InChI is InChI=1S/C24H46N3O3P/c1-8-10-11-12-16-24(28)26-18-14-13-15-22(26)23(9-2)30-31(29-19-17-25-7)27(20(3)4)21(5)6/h20-23H,8-19H2,1-6H3. The summed E-state index contributed by atoms with van der Waals surface area (Å²) in [5.74, 6) is 0.283. The van der Waals surface area contributed by atoms with E-state index in [1.165, 1.54) is 12.8 Å². The largest absolute Gasteiger partial charge is 0.337 e. The van der Waals surface area contributed by atoms with Crippen LogP contribution < -0.4 is 0 Å². The molecule has 0 aromatic rings. The van der Waals surface area contributed by atoms with E-state index < -0.39 is 8.53 Å². The van der Waals surface area contributed by atoms with E-state index >= 15 is 0 Å². The molecule has 0 aromatic heterocycles. The molecule has 1 saturated heterocycles. The molecule has 3 atom stereocenters. The van der Waals surface area contributed by atoms with Crippen LogP contribution in [0, 0.1) is 6.57 Å². The van der Waals surface area contributed by atoms with E-state index in [9.17, 15) is 4.79 Å². The number of likely N-dealkylation sites (tertiary alicyclic amines) is 1. The fourth-order valence-electron chi connectivity index (χ4n) is 4.32. The maximum absolute atomic E-state index is 13.0. The molecule has 0 aliphatic carbocycles. The fourth-order valence-corrected chi connectivity index (χ4v) is 6.14. The Balaban J connectivity index is 2.93. The molecule has 3 unspecified atom stereocenters. The Labute approximate surface area is 192 Å². The summed E-state index contributed by atoms with van der Waals surface area (Å²) in [4.78, 5) is 18.6. The molecule has 0 aromatic carbocycles. The summed E-state index contributed by atoms with van der Waals surface area (Å²) in [5.41, 5.74) is 0. The predicted octanol–water partition coefficient (Wildman–Crippen LogP) is 6.41. The molecule has 1 aliphatic rings. The third-order valence-corrected chi connectivity index (χ3v) is 7.98. The highest BCUT2D eigenvalue weighted by molar-refractivity contribution is 7.44. The van der Waals surface area contributed by atoms with Gasteiger partial charge >= 0.3 is 0 Å². The van der Waals surface area contributed by atoms with Crippen LogP contribution in [-0.4, -0.2) is 59.4 Å². The van der Waals surface area contributed by atoms with Crippen LogP contribution in [0.1, 0.15) is 99.3 Å². The summed E-state index contributed by atoms with van der Waals surface area (Å²) in [6.07, 6.45) is 9.16. The van der Waals surface area contributed by atoms with Gasteiger partial charge in [0.1, 0.15) is 6.61 Å². The summed E-state index contributed by atoms with van der Waals surface area (Å²) in [7, 11) is -1.29. The quantitative estimate of drug-likeness (QED) is 0.162. The molecule has 1 rings (SSSR count). The van der Waals surface area contributed by atoms with Gasteiger partial charge in [0.25, 0.3) is 8.53 Å². The summed E-state index contributed by atoms with van der Waals surface area (Å²) in [6.45, 7) is 21.6. The number of hydrogen-bond donors (Lipinski definition) is 0. The Bertz CT molecular complexity index is 531. The van der Waals surface area contributed by atoms with Crippen molar-refractivity contribution in [1.29, 1.82) is 0 Å². The Kier molecular flexibility index (Phi) is 14.6. The Hall–Kier alpha value is -0.730. The molecule has 1 fully saturated rings. The molecule has 1 aliphatic heterocycles. The average molecular weight is 456 g/mol. The Morgan fingerprint density at radius 2 is 1.87 bits per heavy atom. The number of hydrogen-bond acceptors (Lipinski definition) is 4. The maximum atomic E-state index is 13.0. The van der Waals surface area contributed by atoms with Gasteiger partial charge in [0.15, 0.2) is 0 Å². The molecule has 0 radical (unpaired) electrons. The summed E-state index contributed by atoms with van der Waals surface area (Å²) in [6, 6.07) is 0.673. The topological polar surface area (TPSA) is 46.4 Å². The molecule has 0 N–H and O–H groups in total. The van der Waals surface area contributed by atoms with Crippen LogP contribution >= 0.6 is 8.53 Å². The van der Waals surface area contributed by atoms with E-state index in [-0.39, 0.29) is 30.1 Å². The molecule has 0 spiro atoms. The van der Waals surface area contributed by atoms with Crippen molar-refractivity contribution in [1.82, 2.24) is 9.57 Å². The molecule has 180 valence electrons. The highest BCUT2D eigenvalue weighted by atomic mass is 31.2. The lowest BCUT2D eigenvalue weighted by Crippen LogP contribution is -2.50. The maximum Gasteiger partial charge on any atom is 0.259 e. The summed E-state index contributed by atoms with van der Waals surface area (Å²) in [5, 5.41) is 0. The van der Waals surface area contributed by atoms with Gasteiger partial charge in [0.2, 0.25) is 12.5 Å². The number of unbranched alkanes of at least 4 members (excludes halogenated alkanes) is 3. The van der Waals surface area contributed by atoms with Crippen molar-refractivity contribution in [2.24, 2.45) is 0 Å². The zero-order valence-corrected chi connectivity index (χ0v) is 21.7. The van der Waals surface area contributed by atoms with Crippen molar-refractivity contribution < 1.29 is 13.8 Å². The minimum absolute atomic E-state index is 0.0426. The number of carbonyl (C=O) groups excluding carboxylic acids is 1. The van der Waals surface area contributed by atoms with Gasteiger partial charge in [-0.3, -0.25) is 4.79 Å². The van der Waals surface area contributed by atoms with Gasteiger partial charge in [-0.15, -0.1) is 0 Å². The monoisotopic (exact) mass is 455 g/mol. The Morgan fingerprint density at radius 1 is 1.16 bits per heavy atom. The van der Waals surface area contributed by atoms with Crippen LogP contribution in [0.2, 0.25) is 0 Å². The first kappa shape index (κ1) is 28.3. The van der Waals surface area contributed by atoms with E-state index in [2.05, 4.69) is 56.0 Å². The second kappa shape index (κ2) is 16.0. The van der Waals surface area contributed by atoms with Crippen LogP contribution in [0.3, 0.4) is 0 Å². The van der Waals surface area contributed by atoms with Crippen molar-refractivity contribution >= 4 is 14.4 Å². The lowest BCUT2D eigenvalue weighted by atomic mass is 9.95. The molecule has 31 heavy (non-hydrogen) atoms. The third-order valence-electron chi connectivity index (χ3n) is 5.82. The van der Waals surface area contributed by atoms with Gasteiger partial charge in [-0.25, -0.2) is 11.2 Å². The molecular weight excluding hydrogens is 409 g/mol. The summed E-state index contributed by atoms with van der Waals surface area (Å²) < 4.78 is 15.1. The van der Waals surface area contributed by atoms with Crippen LogP contribution in [0.4, 0.5) is 0 Å². The van der Waals surface area contributed by atoms with E-state index in [1.807, 2.05) is 0 Å². The second-order valence-electron chi connectivity index (χ2n) is 9.03. The SMILES string of the molecule is [C-]#[N+]CCOP(OC(CC)C1CCCCN1C(=O)CCCCCC)N(C(C)C)C(C)C. The predicted molar refractivity (Wildman–Crippen MR) is 130 cm³/mol. The zero-order chi connectivity index (χ0) is 23.2. The molecule has 0 saturated carbocycles. The average Bonchev–Trinajstić information content (AvgIpc) is 2.74. The van der Waals surface area contributed by atoms with Crippen LogP contribution in [0.5, 0.6) is 0 Å². The zero-order valence-electron chi connectivity index (χ0n) is 20.8. The Morgan fingerprint density at radius 3 is 2.45 bits per heavy atom. The number of nitrogens with zero attached hydrogens (tertiary/aromatic N) is 3. The van der Waals surface area contributed by atoms with Gasteiger partial charge in [-0.05, 0) is 59.8 Å². The van der Waals surface area contributed by atoms with Crippen LogP contribution in [0.15, 0.2) is 0 Å². The smallest absolute Gasteiger partial charge is 0.259 e. The molecular formula is C24H46N3O3P. The first-order valence-electron chi connectivity index (χ1n) is 12.4. The van der Waals surface area contributed by atoms with Gasteiger partial charge in [0.05, 0.1) is 12.1 Å². The number of carbonyl (C=O) groups is 1. The highest BCUT2D eigenvalue weighted by Gasteiger charge is 2.37. The minimum atomic E-state index is -1.29. The molecule has 1 amide bonds. The van der Waals surface area contributed by atoms with Crippen molar-refractivity contribution in [2.45, 2.75) is 124 Å². The van der Waals surface area contributed by atoms with E-state index in [0.29, 0.717) is 19.6 Å². The lowest BCUT2D eigenvalue weighted by molar-refractivity contribution is -0.137. The van der Waals surface area contributed by atoms with Gasteiger partial charge in [-0.1, -0.05) is 33.1 Å². The van der Waals surface area contributed by atoms with Crippen molar-refractivity contribution in [2.75, 3.05) is 19.7 Å². The minimum Gasteiger partial charge on any atom is -0.337 e. The summed E-state index contributed by atoms with van der Waals surface area (Å²) >= 11 is 0. The van der Waals surface area contributed by atoms with Crippen molar-refractivity contribution in [3.05, 3.63) is 11.4 Å². The van der Waals surface area contributed by atoms with E-state index in [0.717, 1.165) is 45.1 Å². The van der Waals surface area contributed by atoms with E-state index in [1.54, 1.807) is 0 Å². The van der Waals surface area contributed by atoms with Crippen LogP contribution in [0.25, 0.3) is 4.85 Å². The van der Waals surface area contributed by atoms with Crippen molar-refractivity contribution in [3.63, 3.8) is 0 Å². The number of piperidine rings is 1. The molecule has 6 nitrogen and oxygen atoms in total. The first-order valence-corrected chi connectivity index (χ1v) is 13.5. The normalized spacial score (nSPS) is 19.1. The fraction of sp³-hybridized carbons (Fsp3) is 0.917. The van der Waals surface area contributed by atoms with E-state index in [4.69, 9.17) is 15.6 Å². The highest BCUT2D eigenvalue weighted by Crippen LogP contribution is 2.48. The van der Waals surface area contributed by atoms with Gasteiger partial charge < -0.3 is 18.8 Å². The lowest BCUT2D eigenvalue weighted by Gasteiger charge is -2.43. The molecule has 1 heterocycles. The van der Waals surface area contributed by atoms with Gasteiger partial charge in [-0.2, -0.15) is 0 Å². The number of rotatable bonds is 15. The first-order chi connectivity index (χ1) is 14.9. The van der Waals surface area contributed by atoms with Crippen molar-refractivity contribution in [3.8, 4) is 0 Å². The second-order valence-corrected chi connectivity index (χ2v) is 10.4. The molecule has 0 bridgehead atoms. The van der Waals surface area contributed by atoms with Gasteiger partial charge in [0, 0.05) is 25.0 Å².